The summed E-state index contributed by atoms with van der Waals surface area (Å²) in [5.41, 5.74) is 2.09. The van der Waals surface area contributed by atoms with Crippen molar-refractivity contribution in [3.8, 4) is 0 Å². The number of thioether (sulfide) groups is 1. The maximum absolute atomic E-state index is 12.1. The van der Waals surface area contributed by atoms with Gasteiger partial charge in [0.25, 0.3) is 5.91 Å². The molecule has 0 unspecified atom stereocenters. The first-order chi connectivity index (χ1) is 10.2. The summed E-state index contributed by atoms with van der Waals surface area (Å²) < 4.78 is 1.93. The van der Waals surface area contributed by atoms with Gasteiger partial charge in [0.2, 0.25) is 0 Å². The highest BCUT2D eigenvalue weighted by Gasteiger charge is 2.27. The van der Waals surface area contributed by atoms with E-state index in [1.165, 1.54) is 31.0 Å². The molecule has 1 fully saturated rings. The average molecular weight is 304 g/mol. The Morgan fingerprint density at radius 2 is 2.10 bits per heavy atom. The molecular formula is C15H20N4OS. The summed E-state index contributed by atoms with van der Waals surface area (Å²) in [6.45, 7) is 6.95. The zero-order valence-corrected chi connectivity index (χ0v) is 13.3. The van der Waals surface area contributed by atoms with Gasteiger partial charge < -0.3 is 4.90 Å². The van der Waals surface area contributed by atoms with E-state index in [1.54, 1.807) is 0 Å². The number of hydrogen-bond donors (Lipinski definition) is 0. The Morgan fingerprint density at radius 1 is 1.33 bits per heavy atom. The summed E-state index contributed by atoms with van der Waals surface area (Å²) in [4.78, 5) is 19.2. The van der Waals surface area contributed by atoms with Crippen molar-refractivity contribution in [3.63, 3.8) is 0 Å². The number of nitrogens with zero attached hydrogens (tertiary/aromatic N) is 4. The van der Waals surface area contributed by atoms with Crippen LogP contribution in [0.25, 0.3) is 6.08 Å². The van der Waals surface area contributed by atoms with Crippen LogP contribution in [0.1, 0.15) is 37.4 Å². The van der Waals surface area contributed by atoms with E-state index in [-0.39, 0.29) is 5.91 Å². The van der Waals surface area contributed by atoms with Crippen LogP contribution in [0.4, 0.5) is 0 Å². The number of likely N-dealkylation sites (tertiary alicyclic amines) is 1. The van der Waals surface area contributed by atoms with Crippen LogP contribution < -0.4 is 0 Å². The number of amides is 1. The number of amidine groups is 1. The Hall–Kier alpha value is -1.56. The normalized spacial score (nSPS) is 21.2. The molecule has 1 aromatic rings. The van der Waals surface area contributed by atoms with Gasteiger partial charge in [-0.2, -0.15) is 10.1 Å². The van der Waals surface area contributed by atoms with Gasteiger partial charge >= 0.3 is 0 Å². The number of carbonyl (C=O) groups excluding carboxylic acids is 1. The predicted molar refractivity (Wildman–Crippen MR) is 86.1 cm³/mol. The monoisotopic (exact) mass is 304 g/mol. The smallest absolute Gasteiger partial charge is 0.286 e. The van der Waals surface area contributed by atoms with Crippen LogP contribution in [0.2, 0.25) is 0 Å². The highest BCUT2D eigenvalue weighted by atomic mass is 32.2. The third-order valence-electron chi connectivity index (χ3n) is 3.96. The van der Waals surface area contributed by atoms with E-state index in [9.17, 15) is 4.79 Å². The lowest BCUT2D eigenvalue weighted by atomic mass is 10.1. The van der Waals surface area contributed by atoms with Crippen molar-refractivity contribution in [2.24, 2.45) is 4.99 Å². The van der Waals surface area contributed by atoms with Crippen LogP contribution in [0, 0.1) is 6.92 Å². The molecule has 0 radical (unpaired) electrons. The van der Waals surface area contributed by atoms with E-state index in [0.29, 0.717) is 4.91 Å². The molecule has 1 amide bonds. The second kappa shape index (κ2) is 6.05. The molecule has 0 bridgehead atoms. The van der Waals surface area contributed by atoms with Crippen LogP contribution in [0.15, 0.2) is 16.1 Å². The summed E-state index contributed by atoms with van der Waals surface area (Å²) in [6, 6.07) is 0. The highest BCUT2D eigenvalue weighted by molar-refractivity contribution is 8.18. The molecule has 2 aliphatic heterocycles. The summed E-state index contributed by atoms with van der Waals surface area (Å²) in [5, 5.41) is 5.18. The van der Waals surface area contributed by atoms with Crippen molar-refractivity contribution in [2.45, 2.75) is 39.7 Å². The van der Waals surface area contributed by atoms with Gasteiger partial charge in [-0.3, -0.25) is 9.48 Å². The predicted octanol–water partition coefficient (Wildman–Crippen LogP) is 2.67. The van der Waals surface area contributed by atoms with Crippen molar-refractivity contribution in [1.29, 1.82) is 0 Å². The highest BCUT2D eigenvalue weighted by Crippen LogP contribution is 2.31. The molecule has 6 heteroatoms. The third-order valence-corrected chi connectivity index (χ3v) is 5.01. The molecule has 112 valence electrons. The first-order valence-electron chi connectivity index (χ1n) is 7.49. The minimum absolute atomic E-state index is 0.121. The van der Waals surface area contributed by atoms with Crippen LogP contribution in [-0.4, -0.2) is 38.8 Å². The van der Waals surface area contributed by atoms with Crippen LogP contribution in [-0.2, 0) is 11.3 Å². The maximum atomic E-state index is 12.1. The maximum Gasteiger partial charge on any atom is 0.286 e. The van der Waals surface area contributed by atoms with Crippen LogP contribution >= 0.6 is 11.8 Å². The number of piperidine rings is 1. The first-order valence-corrected chi connectivity index (χ1v) is 8.30. The standard InChI is InChI=1S/C15H20N4OS/c1-3-19-11(2)12(10-16-19)9-13-14(20)17-15(21-13)18-7-5-4-6-8-18/h9-10H,3-8H2,1-2H3/b13-9-. The fraction of sp³-hybridized carbons (Fsp3) is 0.533. The number of rotatable bonds is 2. The Bertz CT molecular complexity index is 611. The fourth-order valence-corrected chi connectivity index (χ4v) is 3.64. The van der Waals surface area contributed by atoms with Crippen LogP contribution in [0.3, 0.4) is 0 Å². The van der Waals surface area contributed by atoms with E-state index < -0.39 is 0 Å². The van der Waals surface area contributed by atoms with Gasteiger partial charge in [-0.05, 0) is 50.9 Å². The molecule has 3 heterocycles. The van der Waals surface area contributed by atoms with E-state index in [1.807, 2.05) is 23.9 Å². The zero-order valence-electron chi connectivity index (χ0n) is 12.5. The average Bonchev–Trinajstić information content (AvgIpc) is 3.05. The van der Waals surface area contributed by atoms with Crippen molar-refractivity contribution < 1.29 is 4.79 Å². The lowest BCUT2D eigenvalue weighted by Crippen LogP contribution is -2.33. The number of aryl methyl sites for hydroxylation is 1. The van der Waals surface area contributed by atoms with Gasteiger partial charge in [-0.1, -0.05) is 0 Å². The SMILES string of the molecule is CCn1ncc(/C=C2\SC(N3CCCCC3)=NC2=O)c1C. The topological polar surface area (TPSA) is 50.5 Å². The largest absolute Gasteiger partial charge is 0.351 e. The van der Waals surface area contributed by atoms with Gasteiger partial charge in [0.15, 0.2) is 5.17 Å². The minimum Gasteiger partial charge on any atom is -0.351 e. The second-order valence-corrected chi connectivity index (χ2v) is 6.37. The van der Waals surface area contributed by atoms with E-state index in [4.69, 9.17) is 0 Å². The van der Waals surface area contributed by atoms with Gasteiger partial charge in [0.1, 0.15) is 0 Å². The molecule has 0 aromatic carbocycles. The summed E-state index contributed by atoms with van der Waals surface area (Å²) in [7, 11) is 0. The molecule has 2 aliphatic rings. The molecule has 5 nitrogen and oxygen atoms in total. The van der Waals surface area contributed by atoms with E-state index in [2.05, 4.69) is 21.9 Å². The Morgan fingerprint density at radius 3 is 2.76 bits per heavy atom. The Labute approximate surface area is 129 Å². The molecule has 3 rings (SSSR count). The minimum atomic E-state index is -0.121. The van der Waals surface area contributed by atoms with Crippen molar-refractivity contribution in [3.05, 3.63) is 22.4 Å². The molecule has 21 heavy (non-hydrogen) atoms. The number of carbonyl (C=O) groups is 1. The van der Waals surface area contributed by atoms with Crippen LogP contribution in [0.5, 0.6) is 0 Å². The molecular weight excluding hydrogens is 284 g/mol. The quantitative estimate of drug-likeness (QED) is 0.788. The second-order valence-electron chi connectivity index (χ2n) is 5.36. The lowest BCUT2D eigenvalue weighted by molar-refractivity contribution is -0.113. The number of aliphatic imine (C=N–C) groups is 1. The molecule has 0 atom stereocenters. The van der Waals surface area contributed by atoms with Gasteiger partial charge in [0, 0.05) is 30.9 Å². The van der Waals surface area contributed by atoms with E-state index in [0.717, 1.165) is 36.1 Å². The van der Waals surface area contributed by atoms with E-state index >= 15 is 0 Å². The lowest BCUT2D eigenvalue weighted by Gasteiger charge is -2.27. The van der Waals surface area contributed by atoms with Crippen molar-refractivity contribution >= 4 is 28.9 Å². The third kappa shape index (κ3) is 2.90. The Balaban J connectivity index is 1.77. The molecule has 0 N–H and O–H groups in total. The molecule has 1 saturated heterocycles. The van der Waals surface area contributed by atoms with Crippen molar-refractivity contribution in [1.82, 2.24) is 14.7 Å². The first kappa shape index (κ1) is 14.4. The van der Waals surface area contributed by atoms with Crippen molar-refractivity contribution in [2.75, 3.05) is 13.1 Å². The molecule has 0 saturated carbocycles. The number of hydrogen-bond acceptors (Lipinski definition) is 4. The summed E-state index contributed by atoms with van der Waals surface area (Å²) >= 11 is 1.50. The summed E-state index contributed by atoms with van der Waals surface area (Å²) in [5.74, 6) is -0.121. The van der Waals surface area contributed by atoms with Gasteiger partial charge in [-0.25, -0.2) is 0 Å². The fourth-order valence-electron chi connectivity index (χ4n) is 2.68. The zero-order chi connectivity index (χ0) is 14.8. The molecule has 1 aromatic heterocycles. The Kier molecular flexibility index (Phi) is 4.14. The summed E-state index contributed by atoms with van der Waals surface area (Å²) in [6.07, 6.45) is 7.39. The molecule has 0 aliphatic carbocycles. The number of aromatic nitrogens is 2. The van der Waals surface area contributed by atoms with Gasteiger partial charge in [-0.15, -0.1) is 0 Å². The molecule has 0 spiro atoms. The van der Waals surface area contributed by atoms with Gasteiger partial charge in [0.05, 0.1) is 11.1 Å².